The van der Waals surface area contributed by atoms with Crippen LogP contribution >= 0.6 is 11.3 Å². The maximum absolute atomic E-state index is 12.3. The summed E-state index contributed by atoms with van der Waals surface area (Å²) in [5.41, 5.74) is 0.764. The first-order valence-electron chi connectivity index (χ1n) is 7.02. The van der Waals surface area contributed by atoms with E-state index in [-0.39, 0.29) is 10.9 Å². The first-order valence-corrected chi connectivity index (χ1v) is 9.32. The average molecular weight is 339 g/mol. The summed E-state index contributed by atoms with van der Waals surface area (Å²) in [6, 6.07) is 6.91. The number of rotatable bonds is 7. The van der Waals surface area contributed by atoms with Crippen LogP contribution in [0.25, 0.3) is 10.6 Å². The van der Waals surface area contributed by atoms with Gasteiger partial charge in [-0.3, -0.25) is 0 Å². The maximum Gasteiger partial charge on any atom is 0.240 e. The van der Waals surface area contributed by atoms with Crippen molar-refractivity contribution in [3.05, 3.63) is 29.3 Å². The number of hydrogen-bond acceptors (Lipinski definition) is 6. The zero-order chi connectivity index (χ0) is 15.6. The van der Waals surface area contributed by atoms with Gasteiger partial charge in [0.25, 0.3) is 0 Å². The van der Waals surface area contributed by atoms with Gasteiger partial charge in [0.15, 0.2) is 0 Å². The summed E-state index contributed by atoms with van der Waals surface area (Å²) in [6.07, 6.45) is 2.53. The van der Waals surface area contributed by atoms with E-state index >= 15 is 0 Å². The van der Waals surface area contributed by atoms with E-state index in [2.05, 4.69) is 14.9 Å². The van der Waals surface area contributed by atoms with E-state index in [0.717, 1.165) is 28.4 Å². The van der Waals surface area contributed by atoms with Crippen LogP contribution in [0, 0.1) is 0 Å². The van der Waals surface area contributed by atoms with Crippen molar-refractivity contribution in [1.29, 1.82) is 0 Å². The van der Waals surface area contributed by atoms with Gasteiger partial charge in [-0.2, -0.15) is 0 Å². The van der Waals surface area contributed by atoms with Gasteiger partial charge in [-0.15, -0.1) is 10.2 Å². The minimum absolute atomic E-state index is 0.0934. The number of ether oxygens (including phenoxy) is 1. The molecule has 0 atom stereocenters. The van der Waals surface area contributed by atoms with E-state index in [1.807, 2.05) is 6.07 Å². The molecule has 8 heteroatoms. The lowest BCUT2D eigenvalue weighted by Gasteiger charge is -2.06. The van der Waals surface area contributed by atoms with Crippen LogP contribution in [0.1, 0.15) is 17.8 Å². The van der Waals surface area contributed by atoms with Gasteiger partial charge in [0.2, 0.25) is 10.0 Å². The molecule has 6 nitrogen and oxygen atoms in total. The zero-order valence-corrected chi connectivity index (χ0v) is 13.8. The molecule has 1 heterocycles. The van der Waals surface area contributed by atoms with Gasteiger partial charge in [0.05, 0.1) is 11.5 Å². The molecule has 22 heavy (non-hydrogen) atoms. The van der Waals surface area contributed by atoms with Crippen molar-refractivity contribution in [2.45, 2.75) is 30.2 Å². The van der Waals surface area contributed by atoms with Crippen LogP contribution in [0.15, 0.2) is 29.2 Å². The zero-order valence-electron chi connectivity index (χ0n) is 12.2. The molecule has 1 fully saturated rings. The van der Waals surface area contributed by atoms with Crippen LogP contribution in [0.5, 0.6) is 0 Å². The second-order valence-corrected chi connectivity index (χ2v) is 7.94. The van der Waals surface area contributed by atoms with Crippen molar-refractivity contribution in [3.63, 3.8) is 0 Å². The molecule has 0 amide bonds. The summed E-state index contributed by atoms with van der Waals surface area (Å²) >= 11 is 1.45. The number of benzene rings is 1. The second kappa shape index (κ2) is 6.41. The Morgan fingerprint density at radius 3 is 2.91 bits per heavy atom. The smallest absolute Gasteiger partial charge is 0.240 e. The Morgan fingerprint density at radius 2 is 2.18 bits per heavy atom. The largest absolute Gasteiger partial charge is 0.384 e. The Morgan fingerprint density at radius 1 is 1.36 bits per heavy atom. The summed E-state index contributed by atoms with van der Waals surface area (Å²) in [5.74, 6) is 0. The van der Waals surface area contributed by atoms with Gasteiger partial charge in [-0.05, 0) is 25.0 Å². The minimum Gasteiger partial charge on any atom is -0.384 e. The molecule has 0 radical (unpaired) electrons. The van der Waals surface area contributed by atoms with Gasteiger partial charge in [0, 0.05) is 25.1 Å². The Kier molecular flexibility index (Phi) is 4.53. The topological polar surface area (TPSA) is 81.2 Å². The Labute approximate surface area is 133 Å². The Hall–Kier alpha value is -1.35. The van der Waals surface area contributed by atoms with E-state index in [1.54, 1.807) is 25.3 Å². The SMILES string of the molecule is COCCc1nnc(-c2cccc(S(=O)(=O)NC3CC3)c2)s1. The van der Waals surface area contributed by atoms with Crippen molar-refractivity contribution in [3.8, 4) is 10.6 Å². The van der Waals surface area contributed by atoms with Gasteiger partial charge in [-0.25, -0.2) is 13.1 Å². The summed E-state index contributed by atoms with van der Waals surface area (Å²) in [6.45, 7) is 0.592. The molecule has 1 aliphatic rings. The number of nitrogens with zero attached hydrogens (tertiary/aromatic N) is 2. The normalized spacial score (nSPS) is 15.1. The quantitative estimate of drug-likeness (QED) is 0.832. The summed E-state index contributed by atoms with van der Waals surface area (Å²) < 4.78 is 32.2. The van der Waals surface area contributed by atoms with Crippen LogP contribution < -0.4 is 4.72 Å². The average Bonchev–Trinajstić information content (AvgIpc) is 3.18. The third-order valence-corrected chi connectivity index (χ3v) is 5.83. The Bertz CT molecular complexity index is 754. The van der Waals surface area contributed by atoms with Crippen molar-refractivity contribution in [2.24, 2.45) is 0 Å². The second-order valence-electron chi connectivity index (χ2n) is 5.17. The van der Waals surface area contributed by atoms with Crippen LogP contribution in [0.4, 0.5) is 0 Å². The van der Waals surface area contributed by atoms with Gasteiger partial charge in [0.1, 0.15) is 10.0 Å². The monoisotopic (exact) mass is 339 g/mol. The van der Waals surface area contributed by atoms with Crippen LogP contribution in [0.3, 0.4) is 0 Å². The summed E-state index contributed by atoms with van der Waals surface area (Å²) in [7, 11) is -1.81. The number of nitrogens with one attached hydrogen (secondary N) is 1. The van der Waals surface area contributed by atoms with E-state index < -0.39 is 10.0 Å². The fraction of sp³-hybridized carbons (Fsp3) is 0.429. The first-order chi connectivity index (χ1) is 10.6. The molecule has 0 unspecified atom stereocenters. The number of aromatic nitrogens is 2. The van der Waals surface area contributed by atoms with E-state index in [0.29, 0.717) is 13.0 Å². The summed E-state index contributed by atoms with van der Waals surface area (Å²) in [5, 5.41) is 9.83. The molecule has 118 valence electrons. The molecule has 0 spiro atoms. The van der Waals surface area contributed by atoms with E-state index in [4.69, 9.17) is 4.74 Å². The number of sulfonamides is 1. The molecule has 1 aromatic carbocycles. The van der Waals surface area contributed by atoms with Crippen molar-refractivity contribution >= 4 is 21.4 Å². The molecule has 1 saturated carbocycles. The molecule has 2 aromatic rings. The molecule has 3 rings (SSSR count). The van der Waals surface area contributed by atoms with Crippen molar-refractivity contribution in [2.75, 3.05) is 13.7 Å². The first kappa shape index (κ1) is 15.5. The van der Waals surface area contributed by atoms with Gasteiger partial charge < -0.3 is 4.74 Å². The van der Waals surface area contributed by atoms with Crippen molar-refractivity contribution in [1.82, 2.24) is 14.9 Å². The molecule has 1 aliphatic carbocycles. The highest BCUT2D eigenvalue weighted by molar-refractivity contribution is 7.89. The summed E-state index contributed by atoms with van der Waals surface area (Å²) in [4.78, 5) is 0.269. The Balaban J connectivity index is 1.82. The predicted molar refractivity (Wildman–Crippen MR) is 84.3 cm³/mol. The highest BCUT2D eigenvalue weighted by atomic mass is 32.2. The molecule has 1 N–H and O–H groups in total. The minimum atomic E-state index is -3.45. The maximum atomic E-state index is 12.3. The van der Waals surface area contributed by atoms with Gasteiger partial charge >= 0.3 is 0 Å². The molecule has 0 saturated heterocycles. The number of methoxy groups -OCH3 is 1. The number of hydrogen-bond donors (Lipinski definition) is 1. The van der Waals surface area contributed by atoms with Crippen molar-refractivity contribution < 1.29 is 13.2 Å². The van der Waals surface area contributed by atoms with Crippen LogP contribution in [0.2, 0.25) is 0 Å². The lowest BCUT2D eigenvalue weighted by Crippen LogP contribution is -2.25. The van der Waals surface area contributed by atoms with E-state index in [1.165, 1.54) is 11.3 Å². The highest BCUT2D eigenvalue weighted by Gasteiger charge is 2.28. The molecule has 0 aliphatic heterocycles. The third-order valence-electron chi connectivity index (χ3n) is 3.28. The molecule has 1 aromatic heterocycles. The van der Waals surface area contributed by atoms with Crippen LogP contribution in [-0.4, -0.2) is 38.4 Å². The standard InChI is InChI=1S/C14H17N3O3S2/c1-20-8-7-13-15-16-14(21-13)10-3-2-4-12(9-10)22(18,19)17-11-5-6-11/h2-4,9,11,17H,5-8H2,1H3. The van der Waals surface area contributed by atoms with Crippen LogP contribution in [-0.2, 0) is 21.2 Å². The lowest BCUT2D eigenvalue weighted by molar-refractivity contribution is 0.202. The molecule has 0 bridgehead atoms. The molecular weight excluding hydrogens is 322 g/mol. The highest BCUT2D eigenvalue weighted by Crippen LogP contribution is 2.27. The molecular formula is C14H17N3O3S2. The van der Waals surface area contributed by atoms with E-state index in [9.17, 15) is 8.42 Å². The third kappa shape index (κ3) is 3.70. The fourth-order valence-corrected chi connectivity index (χ4v) is 4.11. The van der Waals surface area contributed by atoms with Gasteiger partial charge in [-0.1, -0.05) is 23.5 Å². The predicted octanol–water partition coefficient (Wildman–Crippen LogP) is 1.83. The fourth-order valence-electron chi connectivity index (χ4n) is 1.95. The lowest BCUT2D eigenvalue weighted by atomic mass is 10.2.